The van der Waals surface area contributed by atoms with Crippen molar-refractivity contribution in [3.63, 3.8) is 0 Å². The van der Waals surface area contributed by atoms with Gasteiger partial charge in [0.15, 0.2) is 0 Å². The molecule has 0 bridgehead atoms. The van der Waals surface area contributed by atoms with Crippen LogP contribution in [0.4, 0.5) is 11.4 Å². The molecule has 4 heteroatoms. The fraction of sp³-hybridized carbons (Fsp3) is 0.300. The van der Waals surface area contributed by atoms with Crippen LogP contribution in [0.3, 0.4) is 0 Å². The average Bonchev–Trinajstić information content (AvgIpc) is 3.29. The van der Waals surface area contributed by atoms with Crippen LogP contribution >= 0.6 is 0 Å². The van der Waals surface area contributed by atoms with Crippen molar-refractivity contribution in [1.29, 1.82) is 0 Å². The zero-order chi connectivity index (χ0) is 17.3. The van der Waals surface area contributed by atoms with E-state index < -0.39 is 0 Å². The van der Waals surface area contributed by atoms with Crippen LogP contribution in [0, 0.1) is 32.6 Å². The second kappa shape index (κ2) is 6.48. The molecule has 1 fully saturated rings. The predicted molar refractivity (Wildman–Crippen MR) is 96.0 cm³/mol. The lowest BCUT2D eigenvalue weighted by atomic mass is 10.1. The molecule has 1 aliphatic rings. The van der Waals surface area contributed by atoms with Crippen molar-refractivity contribution < 1.29 is 9.59 Å². The summed E-state index contributed by atoms with van der Waals surface area (Å²) in [7, 11) is 0. The molecule has 4 nitrogen and oxygen atoms in total. The van der Waals surface area contributed by atoms with E-state index in [1.54, 1.807) is 0 Å². The van der Waals surface area contributed by atoms with Gasteiger partial charge in [0, 0.05) is 11.4 Å². The zero-order valence-electron chi connectivity index (χ0n) is 14.2. The first-order valence-electron chi connectivity index (χ1n) is 8.19. The number of hydrogen-bond acceptors (Lipinski definition) is 2. The maximum Gasteiger partial charge on any atom is 0.228 e. The highest BCUT2D eigenvalue weighted by Gasteiger charge is 2.48. The molecular weight excluding hydrogens is 300 g/mol. The summed E-state index contributed by atoms with van der Waals surface area (Å²) in [6.45, 7) is 6.00. The molecule has 0 spiro atoms. The standard InChI is InChI=1S/C20H22N2O2/c1-12-4-6-15(7-5-12)21-19(23)17-11-18(17)20(24)22-16-9-13(2)8-14(3)10-16/h4-10,17-18H,11H2,1-3H3,(H,21,23)(H,22,24). The van der Waals surface area contributed by atoms with E-state index in [9.17, 15) is 9.59 Å². The SMILES string of the molecule is Cc1ccc(NC(=O)C2CC2C(=O)Nc2cc(C)cc(C)c2)cc1. The first-order valence-corrected chi connectivity index (χ1v) is 8.19. The minimum Gasteiger partial charge on any atom is -0.326 e. The normalized spacial score (nSPS) is 18.8. The Morgan fingerprint density at radius 2 is 1.25 bits per heavy atom. The Morgan fingerprint density at radius 3 is 1.79 bits per heavy atom. The first-order chi connectivity index (χ1) is 11.4. The van der Waals surface area contributed by atoms with Gasteiger partial charge in [-0.15, -0.1) is 0 Å². The molecule has 2 aromatic carbocycles. The van der Waals surface area contributed by atoms with E-state index in [0.717, 1.165) is 28.1 Å². The summed E-state index contributed by atoms with van der Waals surface area (Å²) in [5, 5.41) is 5.80. The van der Waals surface area contributed by atoms with Crippen LogP contribution in [-0.2, 0) is 9.59 Å². The highest BCUT2D eigenvalue weighted by atomic mass is 16.2. The van der Waals surface area contributed by atoms with E-state index in [4.69, 9.17) is 0 Å². The van der Waals surface area contributed by atoms with E-state index in [1.807, 2.05) is 57.2 Å². The quantitative estimate of drug-likeness (QED) is 0.899. The Hall–Kier alpha value is -2.62. The highest BCUT2D eigenvalue weighted by molar-refractivity contribution is 6.03. The molecule has 2 unspecified atom stereocenters. The number of carbonyl (C=O) groups excluding carboxylic acids is 2. The van der Waals surface area contributed by atoms with Crippen molar-refractivity contribution in [2.24, 2.45) is 11.8 Å². The predicted octanol–water partition coefficient (Wildman–Crippen LogP) is 3.83. The number of aryl methyl sites for hydroxylation is 3. The van der Waals surface area contributed by atoms with Gasteiger partial charge < -0.3 is 10.6 Å². The second-order valence-corrected chi connectivity index (χ2v) is 6.67. The average molecular weight is 322 g/mol. The molecular formula is C20H22N2O2. The number of hydrogen-bond donors (Lipinski definition) is 2. The van der Waals surface area contributed by atoms with Crippen molar-refractivity contribution >= 4 is 23.2 Å². The van der Waals surface area contributed by atoms with Crippen LogP contribution in [0.1, 0.15) is 23.1 Å². The summed E-state index contributed by atoms with van der Waals surface area (Å²) in [4.78, 5) is 24.6. The van der Waals surface area contributed by atoms with Gasteiger partial charge >= 0.3 is 0 Å². The molecule has 124 valence electrons. The van der Waals surface area contributed by atoms with Crippen LogP contribution in [0.5, 0.6) is 0 Å². The number of rotatable bonds is 4. The van der Waals surface area contributed by atoms with Crippen LogP contribution in [0.25, 0.3) is 0 Å². The van der Waals surface area contributed by atoms with E-state index >= 15 is 0 Å². The molecule has 2 atom stereocenters. The monoisotopic (exact) mass is 322 g/mol. The molecule has 0 saturated heterocycles. The number of benzene rings is 2. The third kappa shape index (κ3) is 3.82. The van der Waals surface area contributed by atoms with Gasteiger partial charge in [0.25, 0.3) is 0 Å². The molecule has 2 aromatic rings. The lowest BCUT2D eigenvalue weighted by Crippen LogP contribution is -2.20. The molecule has 24 heavy (non-hydrogen) atoms. The fourth-order valence-corrected chi connectivity index (χ4v) is 2.93. The van der Waals surface area contributed by atoms with Gasteiger partial charge in [0.05, 0.1) is 11.8 Å². The molecule has 2 amide bonds. The fourth-order valence-electron chi connectivity index (χ4n) is 2.93. The lowest BCUT2D eigenvalue weighted by molar-refractivity contribution is -0.122. The van der Waals surface area contributed by atoms with Gasteiger partial charge in [-0.3, -0.25) is 9.59 Å². The smallest absolute Gasteiger partial charge is 0.228 e. The molecule has 2 N–H and O–H groups in total. The summed E-state index contributed by atoms with van der Waals surface area (Å²) in [6, 6.07) is 13.6. The largest absolute Gasteiger partial charge is 0.326 e. The second-order valence-electron chi connectivity index (χ2n) is 6.67. The number of amides is 2. The van der Waals surface area contributed by atoms with Crippen molar-refractivity contribution in [2.45, 2.75) is 27.2 Å². The summed E-state index contributed by atoms with van der Waals surface area (Å²) < 4.78 is 0. The Balaban J connectivity index is 1.56. The van der Waals surface area contributed by atoms with Crippen LogP contribution in [0.2, 0.25) is 0 Å². The van der Waals surface area contributed by atoms with E-state index in [0.29, 0.717) is 6.42 Å². The molecule has 0 heterocycles. The topological polar surface area (TPSA) is 58.2 Å². The summed E-state index contributed by atoms with van der Waals surface area (Å²) in [6.07, 6.45) is 0.605. The summed E-state index contributed by atoms with van der Waals surface area (Å²) in [5.41, 5.74) is 4.92. The minimum absolute atomic E-state index is 0.0796. The first kappa shape index (κ1) is 16.2. The number of anilines is 2. The maximum absolute atomic E-state index is 12.3. The van der Waals surface area contributed by atoms with Crippen molar-refractivity contribution in [3.05, 3.63) is 59.2 Å². The van der Waals surface area contributed by atoms with Gasteiger partial charge in [0.2, 0.25) is 11.8 Å². The lowest BCUT2D eigenvalue weighted by Gasteiger charge is -2.08. The van der Waals surface area contributed by atoms with Crippen molar-refractivity contribution in [2.75, 3.05) is 10.6 Å². The third-order valence-electron chi connectivity index (χ3n) is 4.27. The Labute approximate surface area is 142 Å². The van der Waals surface area contributed by atoms with Crippen molar-refractivity contribution in [1.82, 2.24) is 0 Å². The highest BCUT2D eigenvalue weighted by Crippen LogP contribution is 2.40. The van der Waals surface area contributed by atoms with Crippen LogP contribution < -0.4 is 10.6 Å². The Morgan fingerprint density at radius 1 is 0.750 bits per heavy atom. The van der Waals surface area contributed by atoms with Gasteiger partial charge in [-0.2, -0.15) is 0 Å². The Bertz CT molecular complexity index is 760. The molecule has 0 radical (unpaired) electrons. The van der Waals surface area contributed by atoms with E-state index in [2.05, 4.69) is 16.7 Å². The van der Waals surface area contributed by atoms with Crippen LogP contribution in [0.15, 0.2) is 42.5 Å². The van der Waals surface area contributed by atoms with Gasteiger partial charge in [0.1, 0.15) is 0 Å². The third-order valence-corrected chi connectivity index (χ3v) is 4.27. The molecule has 1 aliphatic carbocycles. The van der Waals surface area contributed by atoms with Gasteiger partial charge in [-0.1, -0.05) is 23.8 Å². The van der Waals surface area contributed by atoms with Gasteiger partial charge in [-0.05, 0) is 62.6 Å². The molecule has 0 aromatic heterocycles. The zero-order valence-corrected chi connectivity index (χ0v) is 14.2. The summed E-state index contributed by atoms with van der Waals surface area (Å²) >= 11 is 0. The van der Waals surface area contributed by atoms with Crippen LogP contribution in [-0.4, -0.2) is 11.8 Å². The van der Waals surface area contributed by atoms with Gasteiger partial charge in [-0.25, -0.2) is 0 Å². The minimum atomic E-state index is -0.240. The molecule has 3 rings (SSSR count). The Kier molecular flexibility index (Phi) is 4.38. The number of carbonyl (C=O) groups is 2. The van der Waals surface area contributed by atoms with E-state index in [1.165, 1.54) is 0 Å². The number of nitrogens with one attached hydrogen (secondary N) is 2. The summed E-state index contributed by atoms with van der Waals surface area (Å²) in [5.74, 6) is -0.642. The maximum atomic E-state index is 12.3. The molecule has 0 aliphatic heterocycles. The molecule has 1 saturated carbocycles. The van der Waals surface area contributed by atoms with Crippen molar-refractivity contribution in [3.8, 4) is 0 Å². The van der Waals surface area contributed by atoms with E-state index in [-0.39, 0.29) is 23.7 Å².